The molecule has 10 nitrogen and oxygen atoms in total. The second-order valence-electron chi connectivity index (χ2n) is 15.1. The third-order valence-electron chi connectivity index (χ3n) is 11.9. The normalized spacial score (nSPS) is 25.1. The van der Waals surface area contributed by atoms with Gasteiger partial charge in [0.25, 0.3) is 11.8 Å². The van der Waals surface area contributed by atoms with Crippen LogP contribution in [0.2, 0.25) is 10.0 Å². The van der Waals surface area contributed by atoms with E-state index in [1.165, 1.54) is 55.7 Å². The minimum Gasteiger partial charge on any atom is -0.504 e. The Bertz CT molecular complexity index is 2570. The zero-order valence-electron chi connectivity index (χ0n) is 31.3. The Hall–Kier alpha value is -5.82. The molecule has 0 unspecified atom stereocenters. The van der Waals surface area contributed by atoms with E-state index in [1.807, 2.05) is 0 Å². The Morgan fingerprint density at radius 1 is 0.790 bits per heavy atom. The molecule has 3 fully saturated rings. The molecule has 1 saturated carbocycles. The van der Waals surface area contributed by atoms with E-state index >= 15 is 4.79 Å². The summed E-state index contributed by atoms with van der Waals surface area (Å²) in [5.74, 6) is -12.0. The predicted octanol–water partition coefficient (Wildman–Crippen LogP) is 9.35. The summed E-state index contributed by atoms with van der Waals surface area (Å²) in [6.07, 6.45) is -14.2. The van der Waals surface area contributed by atoms with Gasteiger partial charge < -0.3 is 9.84 Å². The fourth-order valence-electron chi connectivity index (χ4n) is 9.35. The first-order chi connectivity index (χ1) is 29.0. The first-order valence-electron chi connectivity index (χ1n) is 18.4. The van der Waals surface area contributed by atoms with Crippen LogP contribution in [0, 0.1) is 23.7 Å². The number of aromatic nitrogens is 1. The molecule has 8 rings (SSSR count). The largest absolute Gasteiger partial charge is 0.504 e. The van der Waals surface area contributed by atoms with Gasteiger partial charge in [0.2, 0.25) is 11.8 Å². The average molecular weight is 914 g/mol. The van der Waals surface area contributed by atoms with Crippen LogP contribution in [0.1, 0.15) is 46.6 Å². The van der Waals surface area contributed by atoms with E-state index in [-0.39, 0.29) is 62.7 Å². The van der Waals surface area contributed by atoms with Gasteiger partial charge in [-0.05, 0) is 78.4 Å². The predicted molar refractivity (Wildman–Crippen MR) is 200 cm³/mol. The summed E-state index contributed by atoms with van der Waals surface area (Å²) >= 11 is 12.5. The second-order valence-corrected chi connectivity index (χ2v) is 16.0. The molecule has 0 spiro atoms. The molecule has 4 aromatic rings. The SMILES string of the molecule is COc1cc([C@H]2C3=CC[C@@H]4C(=O)N(c5cc(C(F)(F)F)cc(C(F)(F)F)c5)C(=O)[C@@H]4[C@@H]3C[C@H]3C(=O)N(Nc4ncc(C(F)(F)F)cc4Cl)C(=O)[C@@]23c2ccc(Cl)cc2)ccc1O. The van der Waals surface area contributed by atoms with Crippen LogP contribution in [-0.4, -0.2) is 45.8 Å². The van der Waals surface area contributed by atoms with Crippen LogP contribution >= 0.6 is 23.2 Å². The molecule has 62 heavy (non-hydrogen) atoms. The van der Waals surface area contributed by atoms with Crippen LogP contribution in [0.15, 0.2) is 84.6 Å². The first-order valence-corrected chi connectivity index (χ1v) is 19.1. The van der Waals surface area contributed by atoms with Crippen LogP contribution in [0.3, 0.4) is 0 Å². The third kappa shape index (κ3) is 6.70. The van der Waals surface area contributed by atoms with Gasteiger partial charge in [0, 0.05) is 17.1 Å². The number of pyridine rings is 1. The molecule has 0 bridgehead atoms. The second kappa shape index (κ2) is 14.6. The van der Waals surface area contributed by atoms with Gasteiger partial charge in [-0.3, -0.25) is 24.6 Å². The van der Waals surface area contributed by atoms with Crippen LogP contribution < -0.4 is 15.1 Å². The number of hydrogen-bond donors (Lipinski definition) is 2. The lowest BCUT2D eigenvalue weighted by molar-refractivity contribution is -0.143. The molecule has 0 radical (unpaired) electrons. The number of alkyl halides is 9. The van der Waals surface area contributed by atoms with Crippen molar-refractivity contribution < 1.29 is 68.5 Å². The molecule has 4 amide bonds. The fourth-order valence-corrected chi connectivity index (χ4v) is 9.69. The van der Waals surface area contributed by atoms with Gasteiger partial charge >= 0.3 is 18.5 Å². The van der Waals surface area contributed by atoms with E-state index in [9.17, 15) is 59.0 Å². The molecule has 2 aliphatic heterocycles. The van der Waals surface area contributed by atoms with Crippen LogP contribution in [0.5, 0.6) is 11.5 Å². The van der Waals surface area contributed by atoms with Gasteiger partial charge in [0.15, 0.2) is 17.3 Å². The standard InChI is InChI=1S/C41H27Cl2F9N4O6/c1-62-30-10-17(2-9-29(30)57)32-24-7-8-25-31(36(60)55(34(25)58)23-12-19(39(44,45)46)11-20(13-23)40(47,48)49)26(24)15-27-35(59)56(37(61)38(27,32)18-3-5-22(42)6-4-18)54-33-28(43)14-21(16-53-33)41(50,51)52/h2-7,9-14,16,25-27,31-32,57H,8,15H2,1H3,(H,53,54)/t25-,26+,27-,31-,32-,38+/m0/s1. The number of hydrogen-bond acceptors (Lipinski definition) is 8. The lowest BCUT2D eigenvalue weighted by Gasteiger charge is -2.50. The number of amides is 4. The van der Waals surface area contributed by atoms with E-state index in [2.05, 4.69) is 10.4 Å². The number of benzene rings is 3. The molecule has 4 aliphatic rings. The molecule has 3 aromatic carbocycles. The molecule has 21 heteroatoms. The Labute approximate surface area is 353 Å². The summed E-state index contributed by atoms with van der Waals surface area (Å²) < 4.78 is 130. The molecule has 3 heterocycles. The van der Waals surface area contributed by atoms with Crippen molar-refractivity contribution in [1.29, 1.82) is 0 Å². The van der Waals surface area contributed by atoms with Crippen LogP contribution in [0.25, 0.3) is 0 Å². The van der Waals surface area contributed by atoms with E-state index in [4.69, 9.17) is 27.9 Å². The number of anilines is 2. The van der Waals surface area contributed by atoms with Crippen molar-refractivity contribution >= 4 is 58.3 Å². The van der Waals surface area contributed by atoms with Crippen molar-refractivity contribution in [3.63, 3.8) is 0 Å². The summed E-state index contributed by atoms with van der Waals surface area (Å²) in [7, 11) is 1.23. The minimum absolute atomic E-state index is 0.0995. The Morgan fingerprint density at radius 2 is 1.42 bits per heavy atom. The van der Waals surface area contributed by atoms with Crippen molar-refractivity contribution in [2.45, 2.75) is 42.7 Å². The number of carbonyl (C=O) groups is 4. The lowest BCUT2D eigenvalue weighted by Crippen LogP contribution is -2.53. The topological polar surface area (TPSA) is 129 Å². The van der Waals surface area contributed by atoms with Gasteiger partial charge in [0.05, 0.1) is 57.7 Å². The molecule has 2 saturated heterocycles. The number of fused-ring (bicyclic) bond motifs is 4. The molecule has 1 aromatic heterocycles. The molecule has 6 atom stereocenters. The number of phenolic OH excluding ortho intramolecular Hbond substituents is 1. The summed E-state index contributed by atoms with van der Waals surface area (Å²) in [5.41, 5.74) is -4.64. The summed E-state index contributed by atoms with van der Waals surface area (Å²) in [5, 5.41) is 10.7. The number of imide groups is 2. The number of halogens is 11. The number of rotatable bonds is 6. The van der Waals surface area contributed by atoms with E-state index < -0.39 is 117 Å². The van der Waals surface area contributed by atoms with Crippen molar-refractivity contribution in [1.82, 2.24) is 9.99 Å². The smallest absolute Gasteiger partial charge is 0.417 e. The quantitative estimate of drug-likeness (QED) is 0.111. The zero-order valence-corrected chi connectivity index (χ0v) is 32.8. The maximum absolute atomic E-state index is 15.3. The summed E-state index contributed by atoms with van der Waals surface area (Å²) in [6.45, 7) is 0. The van der Waals surface area contributed by atoms with Crippen molar-refractivity contribution in [2.24, 2.45) is 23.7 Å². The van der Waals surface area contributed by atoms with E-state index in [0.29, 0.717) is 17.3 Å². The summed E-state index contributed by atoms with van der Waals surface area (Å²) in [6, 6.07) is 10.7. The number of allylic oxidation sites excluding steroid dienone is 2. The van der Waals surface area contributed by atoms with Gasteiger partial charge in [-0.2, -0.15) is 44.5 Å². The molecule has 2 N–H and O–H groups in total. The number of aromatic hydroxyl groups is 1. The molecule has 324 valence electrons. The van der Waals surface area contributed by atoms with E-state index in [0.717, 1.165) is 0 Å². The average Bonchev–Trinajstić information content (AvgIpc) is 3.58. The number of nitrogens with zero attached hydrogens (tertiary/aromatic N) is 3. The number of hydrazine groups is 1. The number of carbonyl (C=O) groups excluding carboxylic acids is 4. The van der Waals surface area contributed by atoms with Gasteiger partial charge in [-0.25, -0.2) is 9.88 Å². The maximum Gasteiger partial charge on any atom is 0.417 e. The van der Waals surface area contributed by atoms with E-state index in [1.54, 1.807) is 0 Å². The third-order valence-corrected chi connectivity index (χ3v) is 12.5. The zero-order chi connectivity index (χ0) is 45.0. The lowest BCUT2D eigenvalue weighted by atomic mass is 9.49. The van der Waals surface area contributed by atoms with Gasteiger partial charge in [-0.15, -0.1) is 0 Å². The first kappa shape index (κ1) is 42.9. The monoisotopic (exact) mass is 912 g/mol. The molecule has 2 aliphatic carbocycles. The van der Waals surface area contributed by atoms with Gasteiger partial charge in [0.1, 0.15) is 0 Å². The minimum atomic E-state index is -5.31. The molecular weight excluding hydrogens is 886 g/mol. The number of nitrogens with one attached hydrogen (secondary N) is 1. The highest BCUT2D eigenvalue weighted by Gasteiger charge is 2.70. The highest BCUT2D eigenvalue weighted by Crippen LogP contribution is 2.64. The maximum atomic E-state index is 15.3. The highest BCUT2D eigenvalue weighted by atomic mass is 35.5. The Kier molecular flexibility index (Phi) is 10.1. The van der Waals surface area contributed by atoms with Crippen LogP contribution in [-0.2, 0) is 43.1 Å². The highest BCUT2D eigenvalue weighted by molar-refractivity contribution is 6.33. The number of phenols is 1. The Balaban J connectivity index is 1.31. The fraction of sp³-hybridized carbons (Fsp3) is 0.293. The number of methoxy groups -OCH3 is 1. The molecular formula is C41H27Cl2F9N4O6. The summed E-state index contributed by atoms with van der Waals surface area (Å²) in [4.78, 5) is 62.8. The van der Waals surface area contributed by atoms with Crippen molar-refractivity contribution in [3.05, 3.63) is 122 Å². The van der Waals surface area contributed by atoms with Crippen LogP contribution in [0.4, 0.5) is 51.0 Å². The number of ether oxygens (including phenoxy) is 1. The Morgan fingerprint density at radius 3 is 2.00 bits per heavy atom. The van der Waals surface area contributed by atoms with Crippen molar-refractivity contribution in [3.8, 4) is 11.5 Å². The van der Waals surface area contributed by atoms with Gasteiger partial charge in [-0.1, -0.05) is 53.1 Å². The van der Waals surface area contributed by atoms with Crippen molar-refractivity contribution in [2.75, 3.05) is 17.4 Å².